The Morgan fingerprint density at radius 3 is 2.67 bits per heavy atom. The number of methoxy groups -OCH3 is 1. The average molecular weight is 263 g/mol. The van der Waals surface area contributed by atoms with Gasteiger partial charge in [0.2, 0.25) is 0 Å². The Balaban J connectivity index is 2.33. The normalized spacial score (nSPS) is 10.2. The highest BCUT2D eigenvalue weighted by atomic mass is 35.5. The maximum Gasteiger partial charge on any atom is 0.122 e. The van der Waals surface area contributed by atoms with Gasteiger partial charge in [0.25, 0.3) is 0 Å². The van der Waals surface area contributed by atoms with Gasteiger partial charge in [-0.2, -0.15) is 0 Å². The molecule has 0 spiro atoms. The Labute approximate surface area is 112 Å². The summed E-state index contributed by atoms with van der Waals surface area (Å²) in [7, 11) is 1.61. The molecular weight excluding hydrogens is 248 g/mol. The first-order valence-corrected chi connectivity index (χ1v) is 5.94. The van der Waals surface area contributed by atoms with Crippen molar-refractivity contribution in [3.05, 3.63) is 47.0 Å². The smallest absolute Gasteiger partial charge is 0.122 e. The van der Waals surface area contributed by atoms with Gasteiger partial charge in [-0.3, -0.25) is 0 Å². The number of benzene rings is 2. The topological polar surface area (TPSA) is 47.3 Å². The van der Waals surface area contributed by atoms with Crippen molar-refractivity contribution in [1.29, 1.82) is 0 Å². The number of nitrogens with two attached hydrogens (primary N) is 1. The second-order valence-corrected chi connectivity index (χ2v) is 4.52. The highest BCUT2D eigenvalue weighted by Crippen LogP contribution is 2.28. The molecule has 0 radical (unpaired) electrons. The van der Waals surface area contributed by atoms with Gasteiger partial charge in [0.05, 0.1) is 7.11 Å². The van der Waals surface area contributed by atoms with Gasteiger partial charge in [-0.15, -0.1) is 0 Å². The van der Waals surface area contributed by atoms with Crippen LogP contribution in [-0.4, -0.2) is 7.11 Å². The molecular formula is C14H15ClN2O. The van der Waals surface area contributed by atoms with Gasteiger partial charge in [0.15, 0.2) is 0 Å². The predicted octanol–water partition coefficient (Wildman–Crippen LogP) is 3.98. The Bertz CT molecular complexity index is 570. The second kappa shape index (κ2) is 5.19. The molecule has 3 N–H and O–H groups in total. The van der Waals surface area contributed by atoms with Crippen molar-refractivity contribution in [2.45, 2.75) is 6.92 Å². The van der Waals surface area contributed by atoms with E-state index >= 15 is 0 Å². The molecule has 0 bridgehead atoms. The van der Waals surface area contributed by atoms with Crippen molar-refractivity contribution in [2.75, 3.05) is 18.2 Å². The molecule has 0 saturated carbocycles. The molecule has 0 aliphatic carbocycles. The van der Waals surface area contributed by atoms with E-state index in [1.165, 1.54) is 0 Å². The van der Waals surface area contributed by atoms with Crippen LogP contribution in [0.2, 0.25) is 5.02 Å². The lowest BCUT2D eigenvalue weighted by atomic mass is 10.2. The number of nitrogens with one attached hydrogen (secondary N) is 1. The van der Waals surface area contributed by atoms with Crippen LogP contribution in [0.5, 0.6) is 5.75 Å². The summed E-state index contributed by atoms with van der Waals surface area (Å²) >= 11 is 5.98. The van der Waals surface area contributed by atoms with E-state index in [4.69, 9.17) is 22.1 Å². The molecule has 0 aliphatic heterocycles. The highest BCUT2D eigenvalue weighted by molar-refractivity contribution is 6.30. The second-order valence-electron chi connectivity index (χ2n) is 4.08. The third-order valence-corrected chi connectivity index (χ3v) is 2.88. The molecule has 4 heteroatoms. The molecule has 0 heterocycles. The number of hydrogen-bond acceptors (Lipinski definition) is 3. The summed E-state index contributed by atoms with van der Waals surface area (Å²) in [5.74, 6) is 0.720. The monoisotopic (exact) mass is 262 g/mol. The number of nitrogen functional groups attached to an aromatic ring is 1. The first kappa shape index (κ1) is 12.6. The number of anilines is 3. The fraction of sp³-hybridized carbons (Fsp3) is 0.143. The van der Waals surface area contributed by atoms with E-state index in [9.17, 15) is 0 Å². The minimum atomic E-state index is 0.650. The van der Waals surface area contributed by atoms with Crippen molar-refractivity contribution in [3.63, 3.8) is 0 Å². The van der Waals surface area contributed by atoms with Gasteiger partial charge in [-0.1, -0.05) is 17.7 Å². The molecule has 0 atom stereocenters. The molecule has 2 aromatic carbocycles. The van der Waals surface area contributed by atoms with Crippen molar-refractivity contribution in [1.82, 2.24) is 0 Å². The molecule has 0 aliphatic rings. The van der Waals surface area contributed by atoms with Crippen LogP contribution >= 0.6 is 11.6 Å². The zero-order valence-corrected chi connectivity index (χ0v) is 11.1. The Hall–Kier alpha value is -1.87. The van der Waals surface area contributed by atoms with E-state index in [0.717, 1.165) is 22.7 Å². The lowest BCUT2D eigenvalue weighted by Gasteiger charge is -2.12. The van der Waals surface area contributed by atoms with E-state index in [1.807, 2.05) is 37.3 Å². The van der Waals surface area contributed by atoms with Gasteiger partial charge in [-0.05, 0) is 30.7 Å². The fourth-order valence-corrected chi connectivity index (χ4v) is 1.87. The summed E-state index contributed by atoms with van der Waals surface area (Å²) in [6.07, 6.45) is 0. The SMILES string of the molecule is COc1cc(N)cc(Nc2cc(Cl)ccc2C)c1. The summed E-state index contributed by atoms with van der Waals surface area (Å²) in [6, 6.07) is 11.2. The Morgan fingerprint density at radius 2 is 1.94 bits per heavy atom. The van der Waals surface area contributed by atoms with Gasteiger partial charge in [0, 0.05) is 34.2 Å². The summed E-state index contributed by atoms with van der Waals surface area (Å²) in [5.41, 5.74) is 9.40. The quantitative estimate of drug-likeness (QED) is 0.823. The fourth-order valence-electron chi connectivity index (χ4n) is 1.70. The third kappa shape index (κ3) is 2.87. The van der Waals surface area contributed by atoms with E-state index in [0.29, 0.717) is 10.7 Å². The highest BCUT2D eigenvalue weighted by Gasteiger charge is 2.03. The van der Waals surface area contributed by atoms with E-state index < -0.39 is 0 Å². The average Bonchev–Trinajstić information content (AvgIpc) is 2.33. The van der Waals surface area contributed by atoms with Crippen molar-refractivity contribution in [2.24, 2.45) is 0 Å². The summed E-state index contributed by atoms with van der Waals surface area (Å²) in [6.45, 7) is 2.02. The van der Waals surface area contributed by atoms with Crippen LogP contribution in [0.15, 0.2) is 36.4 Å². The minimum Gasteiger partial charge on any atom is -0.497 e. The number of hydrogen-bond donors (Lipinski definition) is 2. The van der Waals surface area contributed by atoms with E-state index in [2.05, 4.69) is 5.32 Å². The van der Waals surface area contributed by atoms with Crippen LogP contribution in [0, 0.1) is 6.92 Å². The van der Waals surface area contributed by atoms with Crippen LogP contribution < -0.4 is 15.8 Å². The molecule has 18 heavy (non-hydrogen) atoms. The van der Waals surface area contributed by atoms with Crippen LogP contribution in [0.1, 0.15) is 5.56 Å². The van der Waals surface area contributed by atoms with Gasteiger partial charge in [-0.25, -0.2) is 0 Å². The zero-order chi connectivity index (χ0) is 13.1. The summed E-state index contributed by atoms with van der Waals surface area (Å²) in [4.78, 5) is 0. The molecule has 2 aromatic rings. The van der Waals surface area contributed by atoms with Crippen molar-refractivity contribution in [3.8, 4) is 5.75 Å². The number of aryl methyl sites for hydroxylation is 1. The zero-order valence-electron chi connectivity index (χ0n) is 10.3. The lowest BCUT2D eigenvalue weighted by molar-refractivity contribution is 0.415. The largest absolute Gasteiger partial charge is 0.497 e. The van der Waals surface area contributed by atoms with E-state index in [-0.39, 0.29) is 0 Å². The molecule has 3 nitrogen and oxygen atoms in total. The lowest BCUT2D eigenvalue weighted by Crippen LogP contribution is -1.96. The number of rotatable bonds is 3. The molecule has 0 amide bonds. The Morgan fingerprint density at radius 1 is 1.17 bits per heavy atom. The summed E-state index contributed by atoms with van der Waals surface area (Å²) in [5, 5.41) is 3.98. The molecule has 0 saturated heterocycles. The van der Waals surface area contributed by atoms with Gasteiger partial charge in [0.1, 0.15) is 5.75 Å². The molecule has 2 rings (SSSR count). The minimum absolute atomic E-state index is 0.650. The molecule has 0 fully saturated rings. The maximum atomic E-state index is 5.98. The van der Waals surface area contributed by atoms with Gasteiger partial charge < -0.3 is 15.8 Å². The van der Waals surface area contributed by atoms with Crippen LogP contribution in [0.3, 0.4) is 0 Å². The van der Waals surface area contributed by atoms with Crippen molar-refractivity contribution < 1.29 is 4.74 Å². The Kier molecular flexibility index (Phi) is 3.63. The van der Waals surface area contributed by atoms with Crippen molar-refractivity contribution >= 4 is 28.7 Å². The maximum absolute atomic E-state index is 5.98. The summed E-state index contributed by atoms with van der Waals surface area (Å²) < 4.78 is 5.18. The van der Waals surface area contributed by atoms with Crippen LogP contribution in [-0.2, 0) is 0 Å². The predicted molar refractivity (Wildman–Crippen MR) is 76.9 cm³/mol. The standard InChI is InChI=1S/C14H15ClN2O/c1-9-3-4-10(15)5-14(9)17-12-6-11(16)7-13(8-12)18-2/h3-8,17H,16H2,1-2H3. The number of halogens is 1. The molecule has 0 aromatic heterocycles. The third-order valence-electron chi connectivity index (χ3n) is 2.64. The molecule has 0 unspecified atom stereocenters. The first-order valence-electron chi connectivity index (χ1n) is 5.56. The number of ether oxygens (including phenoxy) is 1. The van der Waals surface area contributed by atoms with E-state index in [1.54, 1.807) is 13.2 Å². The van der Waals surface area contributed by atoms with Crippen LogP contribution in [0.25, 0.3) is 0 Å². The molecule has 94 valence electrons. The van der Waals surface area contributed by atoms with Crippen LogP contribution in [0.4, 0.5) is 17.1 Å². The van der Waals surface area contributed by atoms with Gasteiger partial charge >= 0.3 is 0 Å². The first-order chi connectivity index (χ1) is 8.58.